The molecule has 0 saturated heterocycles. The number of fused-ring (bicyclic) bond motifs is 1. The molecule has 0 bridgehead atoms. The van der Waals surface area contributed by atoms with Gasteiger partial charge in [-0.05, 0) is 48.2 Å². The van der Waals surface area contributed by atoms with Crippen LogP contribution in [-0.2, 0) is 6.42 Å². The van der Waals surface area contributed by atoms with Gasteiger partial charge < -0.3 is 9.64 Å². The van der Waals surface area contributed by atoms with Crippen LogP contribution in [0.5, 0.6) is 5.75 Å². The highest BCUT2D eigenvalue weighted by molar-refractivity contribution is 6.00. The quantitative estimate of drug-likeness (QED) is 0.514. The zero-order valence-electron chi connectivity index (χ0n) is 17.9. The molecular formula is C25H29N3O2. The summed E-state index contributed by atoms with van der Waals surface area (Å²) in [5.41, 5.74) is 5.83. The number of ether oxygens (including phenoxy) is 1. The van der Waals surface area contributed by atoms with E-state index in [-0.39, 0.29) is 11.9 Å². The van der Waals surface area contributed by atoms with Crippen molar-refractivity contribution >= 4 is 5.91 Å². The molecule has 1 atom stereocenters. The Morgan fingerprint density at radius 1 is 1.03 bits per heavy atom. The maximum Gasteiger partial charge on any atom is 0.273 e. The fraction of sp³-hybridized carbons (Fsp3) is 0.360. The van der Waals surface area contributed by atoms with Crippen molar-refractivity contribution in [2.45, 2.75) is 45.6 Å². The summed E-state index contributed by atoms with van der Waals surface area (Å²) in [5.74, 6) is 0.841. The van der Waals surface area contributed by atoms with Crippen LogP contribution in [0, 0.1) is 0 Å². The molecule has 2 heterocycles. The van der Waals surface area contributed by atoms with Crippen LogP contribution in [0.3, 0.4) is 0 Å². The number of rotatable bonds is 8. The Kier molecular flexibility index (Phi) is 5.88. The molecule has 5 heteroatoms. The molecule has 5 nitrogen and oxygen atoms in total. The molecule has 1 amide bonds. The summed E-state index contributed by atoms with van der Waals surface area (Å²) in [6.45, 7) is 5.08. The van der Waals surface area contributed by atoms with Crippen molar-refractivity contribution < 1.29 is 9.53 Å². The molecule has 0 saturated carbocycles. The number of carbonyl (C=O) groups is 1. The van der Waals surface area contributed by atoms with Crippen molar-refractivity contribution in [3.05, 3.63) is 70.9 Å². The standard InChI is InChI=1S/C25H29N3O2/c1-4-6-7-16-28-24(19-10-8-17(5-2)9-11-19)21-22(26-27-23(21)25(28)29)18-12-14-20(30-3)15-13-18/h8-15,24H,4-7,16H2,1-3H3,(H,26,27). The van der Waals surface area contributed by atoms with Gasteiger partial charge in [0, 0.05) is 17.7 Å². The molecule has 0 aliphatic carbocycles. The molecule has 4 rings (SSSR count). The molecule has 2 aromatic carbocycles. The molecule has 1 aliphatic heterocycles. The molecule has 156 valence electrons. The van der Waals surface area contributed by atoms with E-state index >= 15 is 0 Å². The van der Waals surface area contributed by atoms with Gasteiger partial charge in [0.2, 0.25) is 0 Å². The highest BCUT2D eigenvalue weighted by Gasteiger charge is 2.41. The molecule has 0 radical (unpaired) electrons. The minimum atomic E-state index is -0.119. The topological polar surface area (TPSA) is 58.2 Å². The van der Waals surface area contributed by atoms with E-state index in [2.05, 4.69) is 48.3 Å². The number of carbonyl (C=O) groups excluding carboxylic acids is 1. The van der Waals surface area contributed by atoms with E-state index in [0.29, 0.717) is 5.69 Å². The van der Waals surface area contributed by atoms with Crippen molar-refractivity contribution in [1.82, 2.24) is 15.1 Å². The number of nitrogens with one attached hydrogen (secondary N) is 1. The van der Waals surface area contributed by atoms with Gasteiger partial charge in [0.1, 0.15) is 11.4 Å². The fourth-order valence-corrected chi connectivity index (χ4v) is 4.21. The summed E-state index contributed by atoms with van der Waals surface area (Å²) in [6.07, 6.45) is 4.24. The molecule has 0 spiro atoms. The molecule has 1 N–H and O–H groups in total. The van der Waals surface area contributed by atoms with Crippen LogP contribution in [0.1, 0.15) is 66.3 Å². The lowest BCUT2D eigenvalue weighted by atomic mass is 9.95. The minimum absolute atomic E-state index is 0.0398. The monoisotopic (exact) mass is 403 g/mol. The summed E-state index contributed by atoms with van der Waals surface area (Å²) in [6, 6.07) is 16.4. The number of H-pyrrole nitrogens is 1. The van der Waals surface area contributed by atoms with E-state index in [1.807, 2.05) is 29.2 Å². The second kappa shape index (κ2) is 8.74. The van der Waals surface area contributed by atoms with E-state index in [9.17, 15) is 4.79 Å². The van der Waals surface area contributed by atoms with Gasteiger partial charge in [-0.15, -0.1) is 0 Å². The SMILES string of the molecule is CCCCCN1C(=O)c2[nH]nc(-c3ccc(OC)cc3)c2C1c1ccc(CC)cc1. The highest BCUT2D eigenvalue weighted by atomic mass is 16.5. The smallest absolute Gasteiger partial charge is 0.273 e. The number of methoxy groups -OCH3 is 1. The average molecular weight is 404 g/mol. The molecule has 1 aliphatic rings. The third-order valence-corrected chi connectivity index (χ3v) is 5.93. The first-order valence-electron chi connectivity index (χ1n) is 10.8. The van der Waals surface area contributed by atoms with Gasteiger partial charge in [-0.3, -0.25) is 9.89 Å². The molecule has 1 aromatic heterocycles. The van der Waals surface area contributed by atoms with Gasteiger partial charge in [-0.25, -0.2) is 0 Å². The van der Waals surface area contributed by atoms with Crippen LogP contribution in [0.4, 0.5) is 0 Å². The number of aryl methyl sites for hydroxylation is 1. The first-order chi connectivity index (χ1) is 14.7. The van der Waals surface area contributed by atoms with E-state index < -0.39 is 0 Å². The van der Waals surface area contributed by atoms with Crippen molar-refractivity contribution in [3.8, 4) is 17.0 Å². The van der Waals surface area contributed by atoms with E-state index in [4.69, 9.17) is 4.74 Å². The van der Waals surface area contributed by atoms with Gasteiger partial charge in [0.25, 0.3) is 5.91 Å². The Bertz CT molecular complexity index is 1010. The van der Waals surface area contributed by atoms with Gasteiger partial charge >= 0.3 is 0 Å². The third kappa shape index (κ3) is 3.60. The number of unbranched alkanes of at least 4 members (excludes halogenated alkanes) is 2. The van der Waals surface area contributed by atoms with E-state index in [0.717, 1.165) is 60.4 Å². The zero-order valence-corrected chi connectivity index (χ0v) is 17.9. The van der Waals surface area contributed by atoms with Crippen molar-refractivity contribution in [2.75, 3.05) is 13.7 Å². The van der Waals surface area contributed by atoms with Gasteiger partial charge in [0.05, 0.1) is 18.8 Å². The van der Waals surface area contributed by atoms with Crippen LogP contribution in [0.25, 0.3) is 11.3 Å². The Morgan fingerprint density at radius 2 is 1.77 bits per heavy atom. The molecular weight excluding hydrogens is 374 g/mol. The molecule has 30 heavy (non-hydrogen) atoms. The summed E-state index contributed by atoms with van der Waals surface area (Å²) >= 11 is 0. The Hall–Kier alpha value is -3.08. The molecule has 0 fully saturated rings. The number of aromatic nitrogens is 2. The van der Waals surface area contributed by atoms with Crippen LogP contribution in [0.15, 0.2) is 48.5 Å². The van der Waals surface area contributed by atoms with Crippen molar-refractivity contribution in [1.29, 1.82) is 0 Å². The number of nitrogens with zero attached hydrogens (tertiary/aromatic N) is 2. The van der Waals surface area contributed by atoms with E-state index in [1.54, 1.807) is 7.11 Å². The van der Waals surface area contributed by atoms with Crippen LogP contribution < -0.4 is 4.74 Å². The normalized spacial score (nSPS) is 15.5. The third-order valence-electron chi connectivity index (χ3n) is 5.93. The second-order valence-corrected chi connectivity index (χ2v) is 7.79. The lowest BCUT2D eigenvalue weighted by Crippen LogP contribution is -2.30. The average Bonchev–Trinajstić information content (AvgIpc) is 3.33. The van der Waals surface area contributed by atoms with Crippen molar-refractivity contribution in [2.24, 2.45) is 0 Å². The summed E-state index contributed by atoms with van der Waals surface area (Å²) in [7, 11) is 1.66. The summed E-state index contributed by atoms with van der Waals surface area (Å²) < 4.78 is 5.29. The van der Waals surface area contributed by atoms with Crippen molar-refractivity contribution in [3.63, 3.8) is 0 Å². The predicted octanol–water partition coefficient (Wildman–Crippen LogP) is 5.38. The van der Waals surface area contributed by atoms with Gasteiger partial charge in [0.15, 0.2) is 0 Å². The number of hydrogen-bond acceptors (Lipinski definition) is 3. The lowest BCUT2D eigenvalue weighted by molar-refractivity contribution is 0.0740. The Labute approximate surface area is 178 Å². The van der Waals surface area contributed by atoms with Gasteiger partial charge in [-0.1, -0.05) is 51.0 Å². The number of hydrogen-bond donors (Lipinski definition) is 1. The number of amides is 1. The molecule has 3 aromatic rings. The predicted molar refractivity (Wildman–Crippen MR) is 119 cm³/mol. The number of benzene rings is 2. The Balaban J connectivity index is 1.78. The lowest BCUT2D eigenvalue weighted by Gasteiger charge is -2.26. The fourth-order valence-electron chi connectivity index (χ4n) is 4.21. The largest absolute Gasteiger partial charge is 0.497 e. The first-order valence-corrected chi connectivity index (χ1v) is 10.8. The minimum Gasteiger partial charge on any atom is -0.497 e. The summed E-state index contributed by atoms with van der Waals surface area (Å²) in [4.78, 5) is 15.3. The zero-order chi connectivity index (χ0) is 21.1. The first kappa shape index (κ1) is 20.2. The van der Waals surface area contributed by atoms with Crippen LogP contribution in [0.2, 0.25) is 0 Å². The maximum atomic E-state index is 13.3. The van der Waals surface area contributed by atoms with E-state index in [1.165, 1.54) is 5.56 Å². The molecule has 1 unspecified atom stereocenters. The number of aromatic amines is 1. The second-order valence-electron chi connectivity index (χ2n) is 7.79. The summed E-state index contributed by atoms with van der Waals surface area (Å²) in [5, 5.41) is 7.57. The maximum absolute atomic E-state index is 13.3. The van der Waals surface area contributed by atoms with Gasteiger partial charge in [-0.2, -0.15) is 5.10 Å². The van der Waals surface area contributed by atoms with Crippen LogP contribution in [-0.4, -0.2) is 34.7 Å². The highest BCUT2D eigenvalue weighted by Crippen LogP contribution is 2.43. The Morgan fingerprint density at radius 3 is 2.40 bits per heavy atom. The van der Waals surface area contributed by atoms with Crippen LogP contribution >= 0.6 is 0 Å².